The maximum Gasteiger partial charge on any atom is 0.159 e. The normalized spacial score (nSPS) is 16.4. The summed E-state index contributed by atoms with van der Waals surface area (Å²) in [6.45, 7) is 3.45. The van der Waals surface area contributed by atoms with Gasteiger partial charge in [0.1, 0.15) is 6.54 Å². The summed E-state index contributed by atoms with van der Waals surface area (Å²) in [4.78, 5) is 7.28. The molecule has 0 amide bonds. The van der Waals surface area contributed by atoms with Crippen molar-refractivity contribution in [3.8, 4) is 5.69 Å². The molecule has 2 aliphatic rings. The first-order valence-corrected chi connectivity index (χ1v) is 10.2. The van der Waals surface area contributed by atoms with Gasteiger partial charge in [-0.3, -0.25) is 14.5 Å². The molecule has 0 unspecified atom stereocenters. The quantitative estimate of drug-likeness (QED) is 0.636. The van der Waals surface area contributed by atoms with Crippen molar-refractivity contribution in [1.82, 2.24) is 19.7 Å². The number of nitrogens with zero attached hydrogens (tertiary/aromatic N) is 5. The van der Waals surface area contributed by atoms with Gasteiger partial charge in [-0.1, -0.05) is 41.4 Å². The summed E-state index contributed by atoms with van der Waals surface area (Å²) < 4.78 is 2.14. The summed E-state index contributed by atoms with van der Waals surface area (Å²) in [5, 5.41) is 10.3. The average molecular weight is 412 g/mol. The minimum atomic E-state index is 0.444. The van der Waals surface area contributed by atoms with Crippen molar-refractivity contribution < 1.29 is 0 Å². The molecule has 5 rings (SSSR count). The number of likely N-dealkylation sites (tertiary alicyclic amines) is 1. The van der Waals surface area contributed by atoms with Crippen LogP contribution in [-0.2, 0) is 13.1 Å². The molecule has 0 radical (unpaired) electrons. The van der Waals surface area contributed by atoms with Gasteiger partial charge in [0, 0.05) is 21.2 Å². The van der Waals surface area contributed by atoms with Gasteiger partial charge >= 0.3 is 0 Å². The molecule has 7 heteroatoms. The monoisotopic (exact) mass is 411 g/mol. The molecule has 1 aromatic heterocycles. The van der Waals surface area contributed by atoms with Gasteiger partial charge in [-0.2, -0.15) is 0 Å². The topological polar surface area (TPSA) is 46.3 Å². The molecule has 1 saturated heterocycles. The van der Waals surface area contributed by atoms with Crippen LogP contribution in [0, 0.1) is 0 Å². The van der Waals surface area contributed by atoms with Gasteiger partial charge in [0.25, 0.3) is 0 Å². The van der Waals surface area contributed by atoms with Crippen LogP contribution in [-0.4, -0.2) is 38.5 Å². The van der Waals surface area contributed by atoms with Crippen LogP contribution < -0.4 is 0 Å². The number of hydrogen-bond acceptors (Lipinski definition) is 4. The van der Waals surface area contributed by atoms with E-state index in [4.69, 9.17) is 28.2 Å². The van der Waals surface area contributed by atoms with E-state index in [1.54, 1.807) is 0 Å². The second kappa shape index (κ2) is 7.32. The standard InChI is InChI=1S/C21H19Cl2N5/c22-14-7-8-18-16(11-14)21(15-5-1-2-6-17(15)23)24-12-19-25-26-20(28(18)19)13-27-9-3-4-10-27/h1-2,5-8,11H,3-4,9-10,12-13H2. The van der Waals surface area contributed by atoms with E-state index in [-0.39, 0.29) is 0 Å². The third-order valence-electron chi connectivity index (χ3n) is 5.32. The molecule has 0 atom stereocenters. The van der Waals surface area contributed by atoms with Crippen LogP contribution in [0.25, 0.3) is 5.69 Å². The van der Waals surface area contributed by atoms with Crippen LogP contribution in [0.2, 0.25) is 10.0 Å². The number of benzene rings is 2. The van der Waals surface area contributed by atoms with Gasteiger partial charge in [-0.05, 0) is 50.2 Å². The second-order valence-electron chi connectivity index (χ2n) is 7.16. The molecule has 0 aliphatic carbocycles. The van der Waals surface area contributed by atoms with E-state index in [1.807, 2.05) is 42.5 Å². The average Bonchev–Trinajstić information content (AvgIpc) is 3.31. The van der Waals surface area contributed by atoms with Crippen molar-refractivity contribution in [2.45, 2.75) is 25.9 Å². The van der Waals surface area contributed by atoms with Crippen LogP contribution in [0.1, 0.15) is 35.6 Å². The summed E-state index contributed by atoms with van der Waals surface area (Å²) in [5.74, 6) is 1.77. The van der Waals surface area contributed by atoms with E-state index < -0.39 is 0 Å². The maximum atomic E-state index is 6.49. The van der Waals surface area contributed by atoms with Crippen LogP contribution in [0.15, 0.2) is 47.5 Å². The largest absolute Gasteiger partial charge is 0.296 e. The first-order chi connectivity index (χ1) is 13.7. The SMILES string of the molecule is Clc1ccc2c(c1)C(c1ccccc1Cl)=NCc1nnc(CN3CCCC3)n1-2. The van der Waals surface area contributed by atoms with E-state index in [0.717, 1.165) is 53.8 Å². The summed E-state index contributed by atoms with van der Waals surface area (Å²) >= 11 is 12.9. The molecule has 2 aliphatic heterocycles. The van der Waals surface area contributed by atoms with Gasteiger partial charge in [-0.15, -0.1) is 10.2 Å². The van der Waals surface area contributed by atoms with Gasteiger partial charge < -0.3 is 0 Å². The zero-order valence-electron chi connectivity index (χ0n) is 15.3. The van der Waals surface area contributed by atoms with Crippen molar-refractivity contribution in [3.05, 3.63) is 75.3 Å². The van der Waals surface area contributed by atoms with Crippen molar-refractivity contribution in [3.63, 3.8) is 0 Å². The van der Waals surface area contributed by atoms with Crippen molar-refractivity contribution in [1.29, 1.82) is 0 Å². The lowest BCUT2D eigenvalue weighted by atomic mass is 10.0. The Balaban J connectivity index is 1.66. The molecule has 2 aromatic carbocycles. The van der Waals surface area contributed by atoms with Crippen LogP contribution in [0.4, 0.5) is 0 Å². The minimum Gasteiger partial charge on any atom is -0.296 e. The first-order valence-electron chi connectivity index (χ1n) is 9.46. The molecule has 0 spiro atoms. The van der Waals surface area contributed by atoms with Crippen LogP contribution >= 0.6 is 23.2 Å². The fourth-order valence-corrected chi connectivity index (χ4v) is 4.39. The Morgan fingerprint density at radius 3 is 2.57 bits per heavy atom. The highest BCUT2D eigenvalue weighted by Crippen LogP contribution is 2.30. The van der Waals surface area contributed by atoms with Crippen LogP contribution in [0.5, 0.6) is 0 Å². The summed E-state index contributed by atoms with van der Waals surface area (Å²) in [5.41, 5.74) is 3.67. The molecule has 142 valence electrons. The van der Waals surface area contributed by atoms with E-state index in [0.29, 0.717) is 16.6 Å². The third kappa shape index (κ3) is 3.13. The molecule has 28 heavy (non-hydrogen) atoms. The number of hydrogen-bond donors (Lipinski definition) is 0. The van der Waals surface area contributed by atoms with Crippen molar-refractivity contribution >= 4 is 28.9 Å². The maximum absolute atomic E-state index is 6.49. The molecular formula is C21H19Cl2N5. The predicted molar refractivity (Wildman–Crippen MR) is 112 cm³/mol. The number of aromatic nitrogens is 3. The number of rotatable bonds is 3. The lowest BCUT2D eigenvalue weighted by molar-refractivity contribution is 0.320. The van der Waals surface area contributed by atoms with Gasteiger partial charge in [0.2, 0.25) is 0 Å². The van der Waals surface area contributed by atoms with E-state index in [9.17, 15) is 0 Å². The van der Waals surface area contributed by atoms with E-state index in [1.165, 1.54) is 12.8 Å². The molecular weight excluding hydrogens is 393 g/mol. The highest BCUT2D eigenvalue weighted by Gasteiger charge is 2.25. The molecule has 5 nitrogen and oxygen atoms in total. The lowest BCUT2D eigenvalue weighted by Gasteiger charge is -2.17. The zero-order chi connectivity index (χ0) is 19.1. The Hall–Kier alpha value is -2.21. The molecule has 0 saturated carbocycles. The second-order valence-corrected chi connectivity index (χ2v) is 8.00. The Kier molecular flexibility index (Phi) is 4.67. The van der Waals surface area contributed by atoms with E-state index in [2.05, 4.69) is 19.7 Å². The number of aliphatic imine (C=N–C) groups is 1. The number of halogens is 2. The Bertz CT molecular complexity index is 1070. The van der Waals surface area contributed by atoms with Crippen molar-refractivity contribution in [2.75, 3.05) is 13.1 Å². The Morgan fingerprint density at radius 1 is 0.929 bits per heavy atom. The van der Waals surface area contributed by atoms with Crippen LogP contribution in [0.3, 0.4) is 0 Å². The van der Waals surface area contributed by atoms with Gasteiger partial charge in [0.05, 0.1) is 17.9 Å². The molecule has 0 bridgehead atoms. The zero-order valence-corrected chi connectivity index (χ0v) is 16.8. The van der Waals surface area contributed by atoms with Gasteiger partial charge in [-0.25, -0.2) is 0 Å². The minimum absolute atomic E-state index is 0.444. The van der Waals surface area contributed by atoms with Gasteiger partial charge in [0.15, 0.2) is 11.6 Å². The highest BCUT2D eigenvalue weighted by molar-refractivity contribution is 6.36. The molecule has 0 N–H and O–H groups in total. The Labute approximate surface area is 173 Å². The summed E-state index contributed by atoms with van der Waals surface area (Å²) in [6.07, 6.45) is 2.49. The highest BCUT2D eigenvalue weighted by atomic mass is 35.5. The molecule has 3 heterocycles. The Morgan fingerprint density at radius 2 is 1.75 bits per heavy atom. The molecule has 3 aromatic rings. The number of fused-ring (bicyclic) bond motifs is 3. The molecule has 1 fully saturated rings. The lowest BCUT2D eigenvalue weighted by Crippen LogP contribution is -2.21. The third-order valence-corrected chi connectivity index (χ3v) is 5.89. The summed E-state index contributed by atoms with van der Waals surface area (Å²) in [7, 11) is 0. The van der Waals surface area contributed by atoms with E-state index >= 15 is 0 Å². The fourth-order valence-electron chi connectivity index (χ4n) is 3.99. The summed E-state index contributed by atoms with van der Waals surface area (Å²) in [6, 6.07) is 13.6. The fraction of sp³-hybridized carbons (Fsp3) is 0.286. The predicted octanol–water partition coefficient (Wildman–Crippen LogP) is 4.52. The smallest absolute Gasteiger partial charge is 0.159 e. The van der Waals surface area contributed by atoms with Crippen molar-refractivity contribution in [2.24, 2.45) is 4.99 Å². The first kappa shape index (κ1) is 17.9.